The lowest BCUT2D eigenvalue weighted by molar-refractivity contribution is 0.0686. The highest BCUT2D eigenvalue weighted by molar-refractivity contribution is 5.94. The van der Waals surface area contributed by atoms with Gasteiger partial charge in [0.15, 0.2) is 11.5 Å². The number of carboxylic acids is 1. The van der Waals surface area contributed by atoms with Gasteiger partial charge in [0.25, 0.3) is 0 Å². The molecule has 0 amide bonds. The monoisotopic (exact) mass is 270 g/mol. The SMILES string of the molecule is Cc1ccccc1-c1cc2c(c(C(=O)O)c1)OCCO2. The van der Waals surface area contributed by atoms with E-state index in [2.05, 4.69) is 0 Å². The molecule has 0 bridgehead atoms. The average molecular weight is 270 g/mol. The Morgan fingerprint density at radius 1 is 1.15 bits per heavy atom. The zero-order valence-electron chi connectivity index (χ0n) is 11.1. The number of hydrogen-bond donors (Lipinski definition) is 1. The van der Waals surface area contributed by atoms with Gasteiger partial charge in [0.1, 0.15) is 18.8 Å². The number of ether oxygens (including phenoxy) is 2. The fraction of sp³-hybridized carbons (Fsp3) is 0.188. The molecule has 2 aromatic rings. The minimum atomic E-state index is -1.01. The van der Waals surface area contributed by atoms with Crippen molar-refractivity contribution in [3.05, 3.63) is 47.5 Å². The van der Waals surface area contributed by atoms with E-state index in [1.165, 1.54) is 0 Å². The van der Waals surface area contributed by atoms with Crippen molar-refractivity contribution in [3.63, 3.8) is 0 Å². The summed E-state index contributed by atoms with van der Waals surface area (Å²) in [5.74, 6) is -0.197. The van der Waals surface area contributed by atoms with Crippen molar-refractivity contribution in [2.45, 2.75) is 6.92 Å². The van der Waals surface area contributed by atoms with E-state index in [4.69, 9.17) is 9.47 Å². The first kappa shape index (κ1) is 12.5. The van der Waals surface area contributed by atoms with Gasteiger partial charge in [0, 0.05) is 0 Å². The molecule has 4 heteroatoms. The highest BCUT2D eigenvalue weighted by Crippen LogP contribution is 2.39. The second kappa shape index (κ2) is 4.89. The van der Waals surface area contributed by atoms with Crippen molar-refractivity contribution in [1.82, 2.24) is 0 Å². The Balaban J connectivity index is 2.20. The van der Waals surface area contributed by atoms with Crippen LogP contribution in [0.15, 0.2) is 36.4 Å². The van der Waals surface area contributed by atoms with Crippen LogP contribution in [0.3, 0.4) is 0 Å². The van der Waals surface area contributed by atoms with Gasteiger partial charge in [-0.3, -0.25) is 0 Å². The van der Waals surface area contributed by atoms with Crippen LogP contribution < -0.4 is 9.47 Å². The second-order valence-corrected chi connectivity index (χ2v) is 4.67. The van der Waals surface area contributed by atoms with Gasteiger partial charge in [0.2, 0.25) is 0 Å². The molecule has 20 heavy (non-hydrogen) atoms. The van der Waals surface area contributed by atoms with Gasteiger partial charge in [-0.05, 0) is 35.7 Å². The first-order valence-electron chi connectivity index (χ1n) is 6.40. The zero-order chi connectivity index (χ0) is 14.1. The number of aryl methyl sites for hydroxylation is 1. The van der Waals surface area contributed by atoms with E-state index in [-0.39, 0.29) is 5.56 Å². The number of aromatic carboxylic acids is 1. The van der Waals surface area contributed by atoms with Gasteiger partial charge in [-0.25, -0.2) is 4.79 Å². The van der Waals surface area contributed by atoms with Gasteiger partial charge >= 0.3 is 5.97 Å². The molecule has 1 heterocycles. The van der Waals surface area contributed by atoms with Crippen LogP contribution in [0.2, 0.25) is 0 Å². The molecule has 2 aromatic carbocycles. The summed E-state index contributed by atoms with van der Waals surface area (Å²) in [6.07, 6.45) is 0. The molecule has 0 spiro atoms. The maximum absolute atomic E-state index is 11.4. The molecule has 0 fully saturated rings. The van der Waals surface area contributed by atoms with Crippen molar-refractivity contribution in [1.29, 1.82) is 0 Å². The summed E-state index contributed by atoms with van der Waals surface area (Å²) in [4.78, 5) is 11.4. The molecule has 0 atom stereocenters. The Kier molecular flexibility index (Phi) is 3.06. The lowest BCUT2D eigenvalue weighted by atomic mass is 9.98. The Morgan fingerprint density at radius 3 is 2.65 bits per heavy atom. The van der Waals surface area contributed by atoms with Crippen LogP contribution >= 0.6 is 0 Å². The summed E-state index contributed by atoms with van der Waals surface area (Å²) in [5.41, 5.74) is 3.04. The summed E-state index contributed by atoms with van der Waals surface area (Å²) in [7, 11) is 0. The normalized spacial score (nSPS) is 13.1. The number of carboxylic acid groups (broad SMARTS) is 1. The van der Waals surface area contributed by atoms with E-state index in [0.717, 1.165) is 16.7 Å². The van der Waals surface area contributed by atoms with Crippen molar-refractivity contribution in [3.8, 4) is 22.6 Å². The highest BCUT2D eigenvalue weighted by atomic mass is 16.6. The molecule has 0 aromatic heterocycles. The molecule has 4 nitrogen and oxygen atoms in total. The van der Waals surface area contributed by atoms with Crippen molar-refractivity contribution < 1.29 is 19.4 Å². The van der Waals surface area contributed by atoms with Crippen LogP contribution in [0.5, 0.6) is 11.5 Å². The summed E-state index contributed by atoms with van der Waals surface area (Å²) in [5, 5.41) is 9.35. The maximum Gasteiger partial charge on any atom is 0.339 e. The summed E-state index contributed by atoms with van der Waals surface area (Å²) in [6.45, 7) is 2.80. The van der Waals surface area contributed by atoms with E-state index < -0.39 is 5.97 Å². The lowest BCUT2D eigenvalue weighted by Gasteiger charge is -2.21. The minimum Gasteiger partial charge on any atom is -0.486 e. The first-order chi connectivity index (χ1) is 9.66. The average Bonchev–Trinajstić information content (AvgIpc) is 2.46. The van der Waals surface area contributed by atoms with Crippen LogP contribution in [0.4, 0.5) is 0 Å². The summed E-state index contributed by atoms with van der Waals surface area (Å²) < 4.78 is 11.0. The number of hydrogen-bond acceptors (Lipinski definition) is 3. The fourth-order valence-corrected chi connectivity index (χ4v) is 2.36. The molecule has 1 N–H and O–H groups in total. The quantitative estimate of drug-likeness (QED) is 0.910. The summed E-state index contributed by atoms with van der Waals surface area (Å²) >= 11 is 0. The maximum atomic E-state index is 11.4. The van der Waals surface area contributed by atoms with Crippen LogP contribution in [0.1, 0.15) is 15.9 Å². The molecule has 1 aliphatic rings. The largest absolute Gasteiger partial charge is 0.486 e. The third-order valence-electron chi connectivity index (χ3n) is 3.33. The molecule has 0 unspecified atom stereocenters. The van der Waals surface area contributed by atoms with E-state index >= 15 is 0 Å². The smallest absolute Gasteiger partial charge is 0.339 e. The molecule has 0 aliphatic carbocycles. The van der Waals surface area contributed by atoms with Crippen LogP contribution in [0, 0.1) is 6.92 Å². The molecular weight excluding hydrogens is 256 g/mol. The third kappa shape index (κ3) is 2.09. The molecule has 0 saturated carbocycles. The van der Waals surface area contributed by atoms with Crippen LogP contribution in [-0.2, 0) is 0 Å². The Morgan fingerprint density at radius 2 is 1.90 bits per heavy atom. The molecule has 3 rings (SSSR count). The van der Waals surface area contributed by atoms with E-state index in [0.29, 0.717) is 24.7 Å². The predicted molar refractivity (Wildman–Crippen MR) is 74.6 cm³/mol. The first-order valence-corrected chi connectivity index (χ1v) is 6.40. The highest BCUT2D eigenvalue weighted by Gasteiger charge is 2.22. The topological polar surface area (TPSA) is 55.8 Å². The predicted octanol–water partition coefficient (Wildman–Crippen LogP) is 3.13. The Hall–Kier alpha value is -2.49. The Bertz CT molecular complexity index is 676. The molecule has 0 radical (unpaired) electrons. The third-order valence-corrected chi connectivity index (χ3v) is 3.33. The molecule has 102 valence electrons. The van der Waals surface area contributed by atoms with Crippen molar-refractivity contribution >= 4 is 5.97 Å². The fourth-order valence-electron chi connectivity index (χ4n) is 2.36. The lowest BCUT2D eigenvalue weighted by Crippen LogP contribution is -2.18. The van der Waals surface area contributed by atoms with E-state index in [1.54, 1.807) is 6.07 Å². The molecular formula is C16H14O4. The summed E-state index contributed by atoms with van der Waals surface area (Å²) in [6, 6.07) is 11.3. The number of rotatable bonds is 2. The van der Waals surface area contributed by atoms with Gasteiger partial charge in [0.05, 0.1) is 0 Å². The second-order valence-electron chi connectivity index (χ2n) is 4.67. The Labute approximate surface area is 116 Å². The van der Waals surface area contributed by atoms with Crippen LogP contribution in [-0.4, -0.2) is 24.3 Å². The zero-order valence-corrected chi connectivity index (χ0v) is 11.1. The van der Waals surface area contributed by atoms with E-state index in [1.807, 2.05) is 37.3 Å². The van der Waals surface area contributed by atoms with Gasteiger partial charge in [-0.15, -0.1) is 0 Å². The number of fused-ring (bicyclic) bond motifs is 1. The number of benzene rings is 2. The van der Waals surface area contributed by atoms with Crippen molar-refractivity contribution in [2.24, 2.45) is 0 Å². The van der Waals surface area contributed by atoms with Gasteiger partial charge in [-0.2, -0.15) is 0 Å². The van der Waals surface area contributed by atoms with Crippen LogP contribution in [0.25, 0.3) is 11.1 Å². The minimum absolute atomic E-state index is 0.139. The number of carbonyl (C=O) groups is 1. The van der Waals surface area contributed by atoms with E-state index in [9.17, 15) is 9.90 Å². The molecule has 0 saturated heterocycles. The van der Waals surface area contributed by atoms with Gasteiger partial charge < -0.3 is 14.6 Å². The molecule has 1 aliphatic heterocycles. The van der Waals surface area contributed by atoms with Crippen molar-refractivity contribution in [2.75, 3.05) is 13.2 Å². The van der Waals surface area contributed by atoms with Gasteiger partial charge in [-0.1, -0.05) is 24.3 Å². The standard InChI is InChI=1S/C16H14O4/c1-10-4-2-3-5-12(10)11-8-13(16(17)18)15-14(9-11)19-6-7-20-15/h2-5,8-9H,6-7H2,1H3,(H,17,18).